The molecule has 0 bridgehead atoms. The van der Waals surface area contributed by atoms with Crippen LogP contribution in [0.1, 0.15) is 73.6 Å². The number of aromatic nitrogens is 3. The smallest absolute Gasteiger partial charge is 0.410 e. The highest BCUT2D eigenvalue weighted by molar-refractivity contribution is 6.15. The second kappa shape index (κ2) is 18.9. The Bertz CT molecular complexity index is 1680. The first-order valence-corrected chi connectivity index (χ1v) is 19.2. The molecule has 0 aliphatic carbocycles. The van der Waals surface area contributed by atoms with Crippen molar-refractivity contribution in [2.24, 2.45) is 22.9 Å². The zero-order chi connectivity index (χ0) is 40.5. The van der Waals surface area contributed by atoms with E-state index in [9.17, 15) is 19.2 Å². The number of Topliss-reactive ketones (excluding diaryl/α,β-unsaturated/α-hetero) is 1. The molecule has 1 aromatic heterocycles. The number of ether oxygens (including phenoxy) is 3. The summed E-state index contributed by atoms with van der Waals surface area (Å²) in [6.07, 6.45) is 4.21. The highest BCUT2D eigenvalue weighted by Gasteiger charge is 2.59. The highest BCUT2D eigenvalue weighted by atomic mass is 16.6. The molecule has 3 heterocycles. The minimum atomic E-state index is -1.35. The highest BCUT2D eigenvalue weighted by Crippen LogP contribution is 2.41. The fraction of sp³-hybridized carbons (Fsp3) is 0.658. The van der Waals surface area contributed by atoms with Crippen LogP contribution in [0, 0.1) is 17.8 Å². The van der Waals surface area contributed by atoms with E-state index in [1.54, 1.807) is 36.6 Å². The molecule has 0 radical (unpaired) electrons. The van der Waals surface area contributed by atoms with Gasteiger partial charge in [0.05, 0.1) is 17.8 Å². The number of oxime groups is 1. The molecule has 0 saturated carbocycles. The molecule has 2 fully saturated rings. The summed E-state index contributed by atoms with van der Waals surface area (Å²) in [7, 11) is 3.60. The standard InChI is InChI=1S/C38H58BN7O9/c1-8-30-38(6)34(46(36(51)55-38)17-10-9-16-45-21-29(43-44-45)26-12-11-13-27(40)18-26)28(14-15-42-53-22-31(47)48)41-20-23(2)19-37(5,52-7)33(39)24(3)32(49)25(4)35(50)54-30/h11-13,15,18,21,23-25,28,30,33-34,41H,8-10,14,16-17,19-20,22,39-40H2,1-7H3,(H,47,48)/b42-15+/t23-,24+,25-,28-,30-,33-,34-,37-,38-/m1/s1. The predicted octanol–water partition coefficient (Wildman–Crippen LogP) is 3.35. The Morgan fingerprint density at radius 1 is 1.20 bits per heavy atom. The topological polar surface area (TPSA) is 210 Å². The largest absolute Gasteiger partial charge is 0.479 e. The van der Waals surface area contributed by atoms with Gasteiger partial charge in [0.25, 0.3) is 0 Å². The fourth-order valence-corrected chi connectivity index (χ4v) is 7.96. The summed E-state index contributed by atoms with van der Waals surface area (Å²) < 4.78 is 20.2. The van der Waals surface area contributed by atoms with Crippen molar-refractivity contribution in [3.8, 4) is 11.3 Å². The average Bonchev–Trinajstić information content (AvgIpc) is 3.73. The second-order valence-corrected chi connectivity index (χ2v) is 15.5. The molecule has 1 amide bonds. The number of amides is 1. The normalized spacial score (nSPS) is 31.0. The van der Waals surface area contributed by atoms with E-state index in [-0.39, 0.29) is 23.9 Å². The zero-order valence-electron chi connectivity index (χ0n) is 33.4. The Kier molecular flexibility index (Phi) is 14.8. The van der Waals surface area contributed by atoms with E-state index in [2.05, 4.69) is 27.7 Å². The van der Waals surface area contributed by atoms with Gasteiger partial charge in [-0.15, -0.1) is 5.10 Å². The first-order valence-electron chi connectivity index (χ1n) is 19.2. The molecule has 2 aliphatic rings. The van der Waals surface area contributed by atoms with Crippen LogP contribution in [0.2, 0.25) is 5.82 Å². The van der Waals surface area contributed by atoms with E-state index < -0.39 is 65.9 Å². The molecule has 17 heteroatoms. The van der Waals surface area contributed by atoms with Crippen LogP contribution >= 0.6 is 0 Å². The van der Waals surface area contributed by atoms with Gasteiger partial charge in [0.1, 0.15) is 31.3 Å². The van der Waals surface area contributed by atoms with Gasteiger partial charge in [0.2, 0.25) is 6.61 Å². The molecule has 55 heavy (non-hydrogen) atoms. The molecular formula is C38H58BN7O9. The number of benzene rings is 1. The number of esters is 1. The number of nitrogens with zero attached hydrogens (tertiary/aromatic N) is 5. The number of nitrogens with one attached hydrogen (secondary N) is 1. The van der Waals surface area contributed by atoms with Gasteiger partial charge in [0, 0.05) is 56.0 Å². The van der Waals surface area contributed by atoms with E-state index in [1.807, 2.05) is 53.0 Å². The van der Waals surface area contributed by atoms with Crippen LogP contribution in [0.5, 0.6) is 0 Å². The monoisotopic (exact) mass is 767 g/mol. The minimum Gasteiger partial charge on any atom is -0.479 e. The van der Waals surface area contributed by atoms with E-state index in [1.165, 1.54) is 6.21 Å². The van der Waals surface area contributed by atoms with E-state index >= 15 is 0 Å². The maximum Gasteiger partial charge on any atom is 0.410 e. The van der Waals surface area contributed by atoms with Crippen LogP contribution in [-0.2, 0) is 40.0 Å². The third-order valence-corrected chi connectivity index (χ3v) is 11.5. The number of carbonyl (C=O) groups excluding carboxylic acids is 3. The molecule has 2 aromatic rings. The van der Waals surface area contributed by atoms with Crippen molar-refractivity contribution >= 4 is 43.6 Å². The van der Waals surface area contributed by atoms with E-state index in [4.69, 9.17) is 29.9 Å². The van der Waals surface area contributed by atoms with Crippen molar-refractivity contribution in [3.05, 3.63) is 30.5 Å². The number of methoxy groups -OCH3 is 1. The Morgan fingerprint density at radius 2 is 1.93 bits per heavy atom. The molecule has 0 unspecified atom stereocenters. The molecule has 9 atom stereocenters. The number of carboxylic acids is 1. The van der Waals surface area contributed by atoms with Gasteiger partial charge < -0.3 is 35.2 Å². The number of hydrogen-bond donors (Lipinski definition) is 3. The number of nitrogens with two attached hydrogens (primary N) is 1. The summed E-state index contributed by atoms with van der Waals surface area (Å²) in [5.41, 5.74) is 6.10. The maximum absolute atomic E-state index is 13.9. The number of rotatable bonds is 13. The number of fused-ring (bicyclic) bond motifs is 1. The summed E-state index contributed by atoms with van der Waals surface area (Å²) in [5.74, 6) is -3.84. The molecule has 302 valence electrons. The predicted molar refractivity (Wildman–Crippen MR) is 208 cm³/mol. The summed E-state index contributed by atoms with van der Waals surface area (Å²) in [6.45, 7) is 11.8. The molecule has 16 nitrogen and oxygen atoms in total. The number of anilines is 1. The number of carboxylic acid groups (broad SMARTS) is 1. The third-order valence-electron chi connectivity index (χ3n) is 11.5. The molecule has 2 aliphatic heterocycles. The molecule has 0 spiro atoms. The number of aliphatic carboxylic acids is 1. The van der Waals surface area contributed by atoms with Crippen molar-refractivity contribution in [1.82, 2.24) is 25.2 Å². The second-order valence-electron chi connectivity index (χ2n) is 15.5. The van der Waals surface area contributed by atoms with Crippen molar-refractivity contribution < 1.29 is 43.3 Å². The van der Waals surface area contributed by atoms with Crippen LogP contribution in [0.3, 0.4) is 0 Å². The van der Waals surface area contributed by atoms with Crippen LogP contribution in [0.25, 0.3) is 11.3 Å². The summed E-state index contributed by atoms with van der Waals surface area (Å²) >= 11 is 0. The van der Waals surface area contributed by atoms with E-state index in [0.29, 0.717) is 56.7 Å². The van der Waals surface area contributed by atoms with Crippen molar-refractivity contribution in [3.63, 3.8) is 0 Å². The summed E-state index contributed by atoms with van der Waals surface area (Å²) in [4.78, 5) is 59.1. The van der Waals surface area contributed by atoms with Gasteiger partial charge in [-0.1, -0.05) is 43.3 Å². The first-order chi connectivity index (χ1) is 26.0. The number of cyclic esters (lactones) is 1. The van der Waals surface area contributed by atoms with Gasteiger partial charge in [0.15, 0.2) is 5.60 Å². The van der Waals surface area contributed by atoms with E-state index in [0.717, 1.165) is 5.56 Å². The van der Waals surface area contributed by atoms with Crippen LogP contribution in [0.4, 0.5) is 10.5 Å². The van der Waals surface area contributed by atoms with Crippen LogP contribution in [0.15, 0.2) is 35.6 Å². The molecule has 4 N–H and O–H groups in total. The zero-order valence-corrected chi connectivity index (χ0v) is 33.4. The summed E-state index contributed by atoms with van der Waals surface area (Å²) in [5, 5.41) is 25.1. The van der Waals surface area contributed by atoms with Gasteiger partial charge >= 0.3 is 18.0 Å². The molecule has 4 rings (SSSR count). The summed E-state index contributed by atoms with van der Waals surface area (Å²) in [6, 6.07) is 6.23. The lowest BCUT2D eigenvalue weighted by Gasteiger charge is -2.42. The quantitative estimate of drug-likeness (QED) is 0.0509. The SMILES string of the molecule is B[C@@H]1[C@@H](C)C(=O)[C@@H](C)C(=O)O[C@H](CC)[C@@]2(C)OC(=O)N(CCCCn3cc(-c4cccc(N)c4)nn3)[C@@H]2[C@@H](C/C=N/OCC(=O)O)NC[C@H](C)C[C@@]1(C)OC. The number of hydrogen-bond acceptors (Lipinski definition) is 13. The maximum atomic E-state index is 13.9. The van der Waals surface area contributed by atoms with Crippen molar-refractivity contribution in [1.29, 1.82) is 0 Å². The third kappa shape index (κ3) is 10.4. The Hall–Kier alpha value is -4.51. The Balaban J connectivity index is 1.65. The lowest BCUT2D eigenvalue weighted by Crippen LogP contribution is -2.61. The molecule has 1 aromatic carbocycles. The Labute approximate surface area is 324 Å². The lowest BCUT2D eigenvalue weighted by atomic mass is 9.62. The lowest BCUT2D eigenvalue weighted by molar-refractivity contribution is -0.170. The number of aryl methyl sites for hydroxylation is 1. The van der Waals surface area contributed by atoms with Gasteiger partial charge in [-0.3, -0.25) is 19.2 Å². The average molecular weight is 768 g/mol. The Morgan fingerprint density at radius 3 is 2.60 bits per heavy atom. The van der Waals surface area contributed by atoms with Crippen LogP contribution in [-0.4, -0.2) is 119 Å². The molecule has 2 saturated heterocycles. The van der Waals surface area contributed by atoms with Gasteiger partial charge in [-0.2, -0.15) is 0 Å². The van der Waals surface area contributed by atoms with Crippen LogP contribution < -0.4 is 11.1 Å². The number of nitrogen functional groups attached to an aromatic ring is 1. The number of unbranched alkanes of at least 4 members (excludes halogenated alkanes) is 1. The minimum absolute atomic E-state index is 0.0393. The first kappa shape index (κ1) is 43.2. The fourth-order valence-electron chi connectivity index (χ4n) is 7.96. The van der Waals surface area contributed by atoms with Crippen molar-refractivity contribution in [2.75, 3.05) is 32.5 Å². The number of ketones is 1. The molecular weight excluding hydrogens is 709 g/mol. The number of carbonyl (C=O) groups is 4. The van der Waals surface area contributed by atoms with Gasteiger partial charge in [-0.05, 0) is 76.9 Å². The van der Waals surface area contributed by atoms with Crippen molar-refractivity contribution in [2.45, 2.75) is 115 Å². The van der Waals surface area contributed by atoms with Gasteiger partial charge in [-0.25, -0.2) is 9.59 Å².